The molecule has 0 unspecified atom stereocenters. The molecule has 0 atom stereocenters. The number of aryl methyl sites for hydroxylation is 1. The van der Waals surface area contributed by atoms with E-state index in [1.165, 1.54) is 0 Å². The van der Waals surface area contributed by atoms with Crippen LogP contribution in [0.15, 0.2) is 24.7 Å². The molecule has 4 heteroatoms. The van der Waals surface area contributed by atoms with Crippen molar-refractivity contribution in [2.24, 2.45) is 5.92 Å². The highest BCUT2D eigenvalue weighted by molar-refractivity contribution is 5.99. The highest BCUT2D eigenvalue weighted by Crippen LogP contribution is 2.32. The monoisotopic (exact) mass is 284 g/mol. The highest BCUT2D eigenvalue weighted by Gasteiger charge is 2.30. The lowest BCUT2D eigenvalue weighted by Gasteiger charge is -2.12. The van der Waals surface area contributed by atoms with Gasteiger partial charge in [0.05, 0.1) is 19.3 Å². The zero-order chi connectivity index (χ0) is 15.0. The average Bonchev–Trinajstić information content (AvgIpc) is 3.21. The lowest BCUT2D eigenvalue weighted by Crippen LogP contribution is -2.05. The van der Waals surface area contributed by atoms with Gasteiger partial charge >= 0.3 is 0 Å². The Balaban J connectivity index is 1.82. The molecule has 1 aliphatic carbocycles. The minimum Gasteiger partial charge on any atom is -0.496 e. The van der Waals surface area contributed by atoms with Gasteiger partial charge in [0.2, 0.25) is 0 Å². The number of hydrogen-bond donors (Lipinski definition) is 0. The molecule has 0 saturated heterocycles. The molecule has 21 heavy (non-hydrogen) atoms. The zero-order valence-corrected chi connectivity index (χ0v) is 12.7. The maximum Gasteiger partial charge on any atom is 0.167 e. The van der Waals surface area contributed by atoms with Crippen molar-refractivity contribution in [3.8, 4) is 5.75 Å². The SMILES string of the molecule is COc1c(C)cnc(Cn2ccc(C(=O)C3CC3)c2)c1C. The average molecular weight is 284 g/mol. The zero-order valence-electron chi connectivity index (χ0n) is 12.7. The molecule has 1 aliphatic rings. The van der Waals surface area contributed by atoms with Crippen LogP contribution in [0, 0.1) is 19.8 Å². The van der Waals surface area contributed by atoms with Crippen LogP contribution in [0.2, 0.25) is 0 Å². The van der Waals surface area contributed by atoms with Crippen molar-refractivity contribution in [3.63, 3.8) is 0 Å². The predicted octanol–water partition coefficient (Wildman–Crippen LogP) is 3.15. The van der Waals surface area contributed by atoms with Crippen LogP contribution in [0.25, 0.3) is 0 Å². The molecule has 110 valence electrons. The number of aromatic nitrogens is 2. The second kappa shape index (κ2) is 5.35. The van der Waals surface area contributed by atoms with Gasteiger partial charge in [0.25, 0.3) is 0 Å². The summed E-state index contributed by atoms with van der Waals surface area (Å²) < 4.78 is 7.45. The van der Waals surface area contributed by atoms with Crippen molar-refractivity contribution in [2.75, 3.05) is 7.11 Å². The van der Waals surface area contributed by atoms with E-state index in [2.05, 4.69) is 4.98 Å². The minimum atomic E-state index is 0.264. The molecule has 0 N–H and O–H groups in total. The summed E-state index contributed by atoms with van der Waals surface area (Å²) in [5.74, 6) is 1.43. The van der Waals surface area contributed by atoms with Crippen LogP contribution in [0.5, 0.6) is 5.75 Å². The number of ether oxygens (including phenoxy) is 1. The Labute approximate surface area is 124 Å². The van der Waals surface area contributed by atoms with Crippen molar-refractivity contribution in [2.45, 2.75) is 33.2 Å². The molecule has 0 bridgehead atoms. The summed E-state index contributed by atoms with van der Waals surface area (Å²) in [6, 6.07) is 1.90. The Hall–Kier alpha value is -2.10. The van der Waals surface area contributed by atoms with Crippen LogP contribution < -0.4 is 4.74 Å². The van der Waals surface area contributed by atoms with Gasteiger partial charge in [-0.05, 0) is 32.8 Å². The molecule has 2 aromatic rings. The summed E-state index contributed by atoms with van der Waals surface area (Å²) in [5.41, 5.74) is 3.88. The predicted molar refractivity (Wildman–Crippen MR) is 80.9 cm³/mol. The van der Waals surface area contributed by atoms with Gasteiger partial charge in [0.1, 0.15) is 5.75 Å². The number of hydrogen-bond acceptors (Lipinski definition) is 3. The molecule has 1 fully saturated rings. The second-order valence-corrected chi connectivity index (χ2v) is 5.76. The van der Waals surface area contributed by atoms with Gasteiger partial charge in [-0.25, -0.2) is 0 Å². The van der Waals surface area contributed by atoms with Crippen LogP contribution >= 0.6 is 0 Å². The first-order chi connectivity index (χ1) is 10.1. The van der Waals surface area contributed by atoms with E-state index in [1.807, 2.05) is 43.1 Å². The van der Waals surface area contributed by atoms with Crippen molar-refractivity contribution in [3.05, 3.63) is 47.0 Å². The molecule has 2 heterocycles. The molecular formula is C17H20N2O2. The molecule has 0 radical (unpaired) electrons. The lowest BCUT2D eigenvalue weighted by molar-refractivity contribution is 0.0967. The van der Waals surface area contributed by atoms with Crippen LogP contribution in [0.4, 0.5) is 0 Å². The largest absolute Gasteiger partial charge is 0.496 e. The summed E-state index contributed by atoms with van der Waals surface area (Å²) in [4.78, 5) is 16.5. The first kappa shape index (κ1) is 13.9. The number of pyridine rings is 1. The summed E-state index contributed by atoms with van der Waals surface area (Å²) in [5, 5.41) is 0. The standard InChI is InChI=1S/C17H20N2O2/c1-11-8-18-15(12(2)17(11)21-3)10-19-7-6-14(9-19)16(20)13-4-5-13/h6-9,13H,4-5,10H2,1-3H3. The molecule has 0 aliphatic heterocycles. The summed E-state index contributed by atoms with van der Waals surface area (Å²) in [6.07, 6.45) is 7.79. The Morgan fingerprint density at radius 2 is 2.19 bits per heavy atom. The lowest BCUT2D eigenvalue weighted by atomic mass is 10.1. The summed E-state index contributed by atoms with van der Waals surface area (Å²) in [6.45, 7) is 4.67. The van der Waals surface area contributed by atoms with Gasteiger partial charge < -0.3 is 9.30 Å². The molecule has 0 aromatic carbocycles. The Bertz CT molecular complexity index is 684. The highest BCUT2D eigenvalue weighted by atomic mass is 16.5. The maximum absolute atomic E-state index is 12.0. The van der Waals surface area contributed by atoms with Crippen LogP contribution in [0.1, 0.15) is 40.0 Å². The van der Waals surface area contributed by atoms with E-state index in [0.717, 1.165) is 41.0 Å². The van der Waals surface area contributed by atoms with E-state index in [4.69, 9.17) is 4.74 Å². The fourth-order valence-electron chi connectivity index (χ4n) is 2.67. The first-order valence-corrected chi connectivity index (χ1v) is 7.29. The molecule has 4 nitrogen and oxygen atoms in total. The number of carbonyl (C=O) groups excluding carboxylic acids is 1. The maximum atomic E-state index is 12.0. The molecule has 1 saturated carbocycles. The van der Waals surface area contributed by atoms with Crippen molar-refractivity contribution in [1.82, 2.24) is 9.55 Å². The molecule has 2 aromatic heterocycles. The van der Waals surface area contributed by atoms with E-state index in [9.17, 15) is 4.79 Å². The van der Waals surface area contributed by atoms with Gasteiger partial charge in [0.15, 0.2) is 5.78 Å². The van der Waals surface area contributed by atoms with Crippen LogP contribution in [0.3, 0.4) is 0 Å². The van der Waals surface area contributed by atoms with Crippen molar-refractivity contribution < 1.29 is 9.53 Å². The van der Waals surface area contributed by atoms with Crippen LogP contribution in [-0.4, -0.2) is 22.4 Å². The third-order valence-corrected chi connectivity index (χ3v) is 4.07. The number of nitrogens with zero attached hydrogens (tertiary/aromatic N) is 2. The van der Waals surface area contributed by atoms with E-state index < -0.39 is 0 Å². The molecule has 0 amide bonds. The number of ketones is 1. The third kappa shape index (κ3) is 2.71. The van der Waals surface area contributed by atoms with E-state index in [-0.39, 0.29) is 11.7 Å². The molecular weight excluding hydrogens is 264 g/mol. The fourth-order valence-corrected chi connectivity index (χ4v) is 2.67. The smallest absolute Gasteiger partial charge is 0.167 e. The number of Topliss-reactive ketones (excluding diaryl/α,β-unsaturated/α-hetero) is 1. The van der Waals surface area contributed by atoms with E-state index in [1.54, 1.807) is 7.11 Å². The topological polar surface area (TPSA) is 44.1 Å². The number of carbonyl (C=O) groups is 1. The molecule has 3 rings (SSSR count). The van der Waals surface area contributed by atoms with E-state index in [0.29, 0.717) is 6.54 Å². The third-order valence-electron chi connectivity index (χ3n) is 4.07. The van der Waals surface area contributed by atoms with Gasteiger partial charge in [0, 0.05) is 41.2 Å². The molecule has 0 spiro atoms. The Kier molecular flexibility index (Phi) is 3.53. The normalized spacial score (nSPS) is 14.2. The van der Waals surface area contributed by atoms with E-state index >= 15 is 0 Å². The minimum absolute atomic E-state index is 0.264. The Morgan fingerprint density at radius 3 is 2.86 bits per heavy atom. The van der Waals surface area contributed by atoms with Gasteiger partial charge in [-0.15, -0.1) is 0 Å². The van der Waals surface area contributed by atoms with Gasteiger partial charge in [-0.1, -0.05) is 0 Å². The fraction of sp³-hybridized carbons (Fsp3) is 0.412. The summed E-state index contributed by atoms with van der Waals surface area (Å²) in [7, 11) is 1.68. The van der Waals surface area contributed by atoms with Crippen LogP contribution in [-0.2, 0) is 6.54 Å². The number of methoxy groups -OCH3 is 1. The first-order valence-electron chi connectivity index (χ1n) is 7.29. The van der Waals surface area contributed by atoms with Gasteiger partial charge in [-0.3, -0.25) is 9.78 Å². The second-order valence-electron chi connectivity index (χ2n) is 5.76. The van der Waals surface area contributed by atoms with Crippen molar-refractivity contribution in [1.29, 1.82) is 0 Å². The number of rotatable bonds is 5. The Morgan fingerprint density at radius 1 is 1.43 bits per heavy atom. The van der Waals surface area contributed by atoms with Gasteiger partial charge in [-0.2, -0.15) is 0 Å². The quantitative estimate of drug-likeness (QED) is 0.792. The summed E-state index contributed by atoms with van der Waals surface area (Å²) >= 11 is 0. The van der Waals surface area contributed by atoms with Crippen molar-refractivity contribution >= 4 is 5.78 Å².